The van der Waals surface area contributed by atoms with Gasteiger partial charge in [-0.15, -0.1) is 0 Å². The summed E-state index contributed by atoms with van der Waals surface area (Å²) in [7, 11) is 1.98. The lowest BCUT2D eigenvalue weighted by atomic mass is 10.2. The fraction of sp³-hybridized carbons (Fsp3) is 0.333. The van der Waals surface area contributed by atoms with Crippen LogP contribution >= 0.6 is 28.1 Å². The second kappa shape index (κ2) is 7.04. The number of halogens is 1. The summed E-state index contributed by atoms with van der Waals surface area (Å²) < 4.78 is 2.98. The number of anilines is 1. The van der Waals surface area contributed by atoms with Crippen molar-refractivity contribution in [2.45, 2.75) is 26.9 Å². The molecule has 0 unspecified atom stereocenters. The topological polar surface area (TPSA) is 33.1 Å². The molecule has 21 heavy (non-hydrogen) atoms. The first-order valence-electron chi connectivity index (χ1n) is 6.80. The zero-order valence-electron chi connectivity index (χ0n) is 12.4. The summed E-state index contributed by atoms with van der Waals surface area (Å²) in [4.78, 5) is 2.00. The van der Waals surface area contributed by atoms with Gasteiger partial charge in [0.25, 0.3) is 0 Å². The van der Waals surface area contributed by atoms with Gasteiger partial charge < -0.3 is 10.2 Å². The summed E-state index contributed by atoms with van der Waals surface area (Å²) in [5.74, 6) is 0. The van der Waals surface area contributed by atoms with E-state index in [4.69, 9.17) is 12.2 Å². The Bertz CT molecular complexity index is 621. The Hall–Kier alpha value is -1.40. The number of aromatic nitrogens is 2. The van der Waals surface area contributed by atoms with Gasteiger partial charge in [0.2, 0.25) is 0 Å². The van der Waals surface area contributed by atoms with E-state index in [2.05, 4.69) is 52.3 Å². The number of hydrogen-bond acceptors (Lipinski definition) is 2. The molecule has 1 N–H and O–H groups in total. The molecule has 0 aliphatic heterocycles. The van der Waals surface area contributed by atoms with Crippen molar-refractivity contribution in [3.63, 3.8) is 0 Å². The molecular weight excluding hydrogens is 348 g/mol. The molecule has 0 aliphatic carbocycles. The second-order valence-corrected chi connectivity index (χ2v) is 6.15. The zero-order chi connectivity index (χ0) is 15.4. The van der Waals surface area contributed by atoms with Crippen LogP contribution in [0.5, 0.6) is 0 Å². The Kier molecular flexibility index (Phi) is 5.36. The number of thiocarbonyl (C=S) groups is 1. The molecule has 112 valence electrons. The van der Waals surface area contributed by atoms with Crippen molar-refractivity contribution in [3.05, 3.63) is 46.2 Å². The normalized spacial score (nSPS) is 10.5. The highest BCUT2D eigenvalue weighted by Crippen LogP contribution is 2.18. The minimum atomic E-state index is 0.689. The number of hydrogen-bond donors (Lipinski definition) is 1. The minimum Gasteiger partial charge on any atom is -0.346 e. The van der Waals surface area contributed by atoms with Crippen LogP contribution in [0.2, 0.25) is 0 Å². The van der Waals surface area contributed by atoms with Gasteiger partial charge in [-0.05, 0) is 54.1 Å². The quantitative estimate of drug-likeness (QED) is 0.834. The Morgan fingerprint density at radius 3 is 2.67 bits per heavy atom. The summed E-state index contributed by atoms with van der Waals surface area (Å²) in [6.07, 6.45) is 1.82. The molecule has 2 aromatic rings. The third-order valence-corrected chi connectivity index (χ3v) is 4.31. The molecule has 0 saturated carbocycles. The number of nitrogens with one attached hydrogen (secondary N) is 1. The van der Waals surface area contributed by atoms with Crippen LogP contribution in [0.15, 0.2) is 34.9 Å². The van der Waals surface area contributed by atoms with Gasteiger partial charge in [-0.3, -0.25) is 4.68 Å². The van der Waals surface area contributed by atoms with Crippen LogP contribution in [0.1, 0.15) is 18.2 Å². The van der Waals surface area contributed by atoms with Crippen molar-refractivity contribution >= 4 is 38.9 Å². The molecule has 2 rings (SSSR count). The standard InChI is InChI=1S/C15H19BrN4S/c1-4-20-14(13(16)9-17-20)10-19(3)15(21)18-12-7-5-11(2)6-8-12/h5-9H,4,10H2,1-3H3,(H,18,21). The lowest BCUT2D eigenvalue weighted by Crippen LogP contribution is -2.31. The summed E-state index contributed by atoms with van der Waals surface area (Å²) in [6.45, 7) is 5.68. The lowest BCUT2D eigenvalue weighted by molar-refractivity contribution is 0.470. The minimum absolute atomic E-state index is 0.689. The van der Waals surface area contributed by atoms with E-state index in [1.807, 2.05) is 35.0 Å². The maximum absolute atomic E-state index is 5.46. The van der Waals surface area contributed by atoms with Gasteiger partial charge >= 0.3 is 0 Å². The predicted octanol–water partition coefficient (Wildman–Crippen LogP) is 3.80. The molecule has 0 atom stereocenters. The average Bonchev–Trinajstić information content (AvgIpc) is 2.82. The maximum atomic E-state index is 5.46. The number of rotatable bonds is 4. The van der Waals surface area contributed by atoms with E-state index in [9.17, 15) is 0 Å². The smallest absolute Gasteiger partial charge is 0.173 e. The van der Waals surface area contributed by atoms with Crippen molar-refractivity contribution < 1.29 is 0 Å². The first kappa shape index (κ1) is 16.0. The van der Waals surface area contributed by atoms with Gasteiger partial charge in [-0.1, -0.05) is 17.7 Å². The molecule has 1 aromatic carbocycles. The van der Waals surface area contributed by atoms with Crippen molar-refractivity contribution in [1.29, 1.82) is 0 Å². The molecule has 0 amide bonds. The van der Waals surface area contributed by atoms with Crippen LogP contribution in [0, 0.1) is 6.92 Å². The fourth-order valence-corrected chi connectivity index (χ4v) is 2.57. The molecule has 0 radical (unpaired) electrons. The zero-order valence-corrected chi connectivity index (χ0v) is 14.8. The Morgan fingerprint density at radius 2 is 2.05 bits per heavy atom. The first-order chi connectivity index (χ1) is 10.0. The Balaban J connectivity index is 2.02. The van der Waals surface area contributed by atoms with Gasteiger partial charge in [0.05, 0.1) is 22.9 Å². The first-order valence-corrected chi connectivity index (χ1v) is 8.00. The molecular formula is C15H19BrN4S. The van der Waals surface area contributed by atoms with Gasteiger partial charge in [0, 0.05) is 19.3 Å². The van der Waals surface area contributed by atoms with E-state index in [1.54, 1.807) is 0 Å². The van der Waals surface area contributed by atoms with Crippen molar-refractivity contribution in [1.82, 2.24) is 14.7 Å². The van der Waals surface area contributed by atoms with Crippen LogP contribution < -0.4 is 5.32 Å². The van der Waals surface area contributed by atoms with Crippen molar-refractivity contribution in [2.24, 2.45) is 0 Å². The highest BCUT2D eigenvalue weighted by Gasteiger charge is 2.12. The third-order valence-electron chi connectivity index (χ3n) is 3.23. The molecule has 1 heterocycles. The molecule has 0 aliphatic rings. The molecule has 0 fully saturated rings. The summed E-state index contributed by atoms with van der Waals surface area (Å²) in [5, 5.41) is 8.26. The maximum Gasteiger partial charge on any atom is 0.173 e. The molecule has 1 aromatic heterocycles. The molecule has 4 nitrogen and oxygen atoms in total. The predicted molar refractivity (Wildman–Crippen MR) is 94.5 cm³/mol. The monoisotopic (exact) mass is 366 g/mol. The van der Waals surface area contributed by atoms with E-state index < -0.39 is 0 Å². The fourth-order valence-electron chi connectivity index (χ4n) is 1.97. The van der Waals surface area contributed by atoms with Gasteiger partial charge in [0.15, 0.2) is 5.11 Å². The van der Waals surface area contributed by atoms with Gasteiger partial charge in [-0.25, -0.2) is 0 Å². The molecule has 0 bridgehead atoms. The number of nitrogens with zero attached hydrogens (tertiary/aromatic N) is 3. The van der Waals surface area contributed by atoms with Crippen LogP contribution in [-0.2, 0) is 13.1 Å². The van der Waals surface area contributed by atoms with Crippen molar-refractivity contribution in [2.75, 3.05) is 12.4 Å². The highest BCUT2D eigenvalue weighted by atomic mass is 79.9. The number of benzene rings is 1. The molecule has 0 saturated heterocycles. The van der Waals surface area contributed by atoms with Gasteiger partial charge in [0.1, 0.15) is 0 Å². The van der Waals surface area contributed by atoms with E-state index in [0.29, 0.717) is 11.7 Å². The average molecular weight is 367 g/mol. The van der Waals surface area contributed by atoms with E-state index in [1.165, 1.54) is 5.56 Å². The molecule has 0 spiro atoms. The largest absolute Gasteiger partial charge is 0.346 e. The second-order valence-electron chi connectivity index (χ2n) is 4.91. The van der Waals surface area contributed by atoms with Gasteiger partial charge in [-0.2, -0.15) is 5.10 Å². The van der Waals surface area contributed by atoms with Crippen LogP contribution in [0.4, 0.5) is 5.69 Å². The van der Waals surface area contributed by atoms with E-state index >= 15 is 0 Å². The SMILES string of the molecule is CCn1ncc(Br)c1CN(C)C(=S)Nc1ccc(C)cc1. The number of aryl methyl sites for hydroxylation is 2. The van der Waals surface area contributed by atoms with Crippen molar-refractivity contribution in [3.8, 4) is 0 Å². The van der Waals surface area contributed by atoms with Crippen LogP contribution in [-0.4, -0.2) is 26.8 Å². The summed E-state index contributed by atoms with van der Waals surface area (Å²) in [5.41, 5.74) is 3.35. The molecule has 6 heteroatoms. The van der Waals surface area contributed by atoms with Crippen LogP contribution in [0.3, 0.4) is 0 Å². The van der Waals surface area contributed by atoms with E-state index in [-0.39, 0.29) is 0 Å². The lowest BCUT2D eigenvalue weighted by Gasteiger charge is -2.21. The Labute approximate surface area is 139 Å². The summed E-state index contributed by atoms with van der Waals surface area (Å²) in [6, 6.07) is 8.19. The summed E-state index contributed by atoms with van der Waals surface area (Å²) >= 11 is 8.99. The Morgan fingerprint density at radius 1 is 1.38 bits per heavy atom. The highest BCUT2D eigenvalue weighted by molar-refractivity contribution is 9.10. The third kappa shape index (κ3) is 4.04. The van der Waals surface area contributed by atoms with Crippen LogP contribution in [0.25, 0.3) is 0 Å². The van der Waals surface area contributed by atoms with E-state index in [0.717, 1.165) is 22.4 Å².